The van der Waals surface area contributed by atoms with Gasteiger partial charge in [0.1, 0.15) is 0 Å². The SMILES string of the molecule is COC(=O)c1csc(NC(=O)c2cccc(C#N)c2)n1.Cl. The van der Waals surface area contributed by atoms with Gasteiger partial charge >= 0.3 is 5.97 Å². The van der Waals surface area contributed by atoms with Crippen LogP contribution in [0.4, 0.5) is 5.13 Å². The molecule has 0 aliphatic heterocycles. The van der Waals surface area contributed by atoms with E-state index in [-0.39, 0.29) is 23.2 Å². The van der Waals surface area contributed by atoms with Crippen LogP contribution in [0.5, 0.6) is 0 Å². The molecule has 0 spiro atoms. The smallest absolute Gasteiger partial charge is 0.357 e. The number of carbonyl (C=O) groups excluding carboxylic acids is 2. The summed E-state index contributed by atoms with van der Waals surface area (Å²) in [6.45, 7) is 0. The number of esters is 1. The first-order valence-corrected chi connectivity index (χ1v) is 6.37. The van der Waals surface area contributed by atoms with Gasteiger partial charge in [-0.25, -0.2) is 9.78 Å². The van der Waals surface area contributed by atoms with Gasteiger partial charge in [-0.3, -0.25) is 10.1 Å². The summed E-state index contributed by atoms with van der Waals surface area (Å²) in [5, 5.41) is 13.1. The number of thiazole rings is 1. The summed E-state index contributed by atoms with van der Waals surface area (Å²) >= 11 is 1.12. The molecule has 0 aliphatic rings. The van der Waals surface area contributed by atoms with Crippen molar-refractivity contribution < 1.29 is 14.3 Å². The van der Waals surface area contributed by atoms with Gasteiger partial charge < -0.3 is 4.74 Å². The number of anilines is 1. The van der Waals surface area contributed by atoms with Crippen molar-refractivity contribution in [3.8, 4) is 6.07 Å². The number of carbonyl (C=O) groups is 2. The van der Waals surface area contributed by atoms with E-state index in [1.54, 1.807) is 18.2 Å². The van der Waals surface area contributed by atoms with Crippen LogP contribution in [0.3, 0.4) is 0 Å². The number of nitrogens with one attached hydrogen (secondary N) is 1. The highest BCUT2D eigenvalue weighted by atomic mass is 35.5. The lowest BCUT2D eigenvalue weighted by Gasteiger charge is -2.01. The Morgan fingerprint density at radius 3 is 2.86 bits per heavy atom. The second-order valence-electron chi connectivity index (χ2n) is 3.68. The first kappa shape index (κ1) is 16.6. The van der Waals surface area contributed by atoms with E-state index in [9.17, 15) is 9.59 Å². The molecule has 108 valence electrons. The van der Waals surface area contributed by atoms with E-state index in [0.717, 1.165) is 11.3 Å². The molecule has 0 unspecified atom stereocenters. The van der Waals surface area contributed by atoms with Crippen LogP contribution in [0, 0.1) is 11.3 Å². The molecule has 1 aromatic heterocycles. The van der Waals surface area contributed by atoms with Gasteiger partial charge in [-0.1, -0.05) is 6.07 Å². The minimum Gasteiger partial charge on any atom is -0.464 e. The third-order valence-corrected chi connectivity index (χ3v) is 3.13. The maximum absolute atomic E-state index is 12.0. The van der Waals surface area contributed by atoms with Crippen LogP contribution in [0.1, 0.15) is 26.4 Å². The van der Waals surface area contributed by atoms with Gasteiger partial charge in [0, 0.05) is 10.9 Å². The summed E-state index contributed by atoms with van der Waals surface area (Å²) in [6.07, 6.45) is 0. The fourth-order valence-corrected chi connectivity index (χ4v) is 2.10. The second-order valence-corrected chi connectivity index (χ2v) is 4.53. The Morgan fingerprint density at radius 2 is 2.19 bits per heavy atom. The molecule has 0 radical (unpaired) electrons. The molecule has 1 heterocycles. The van der Waals surface area contributed by atoms with Gasteiger partial charge in [0.05, 0.1) is 18.7 Å². The van der Waals surface area contributed by atoms with Gasteiger partial charge in [0.25, 0.3) is 5.91 Å². The zero-order valence-corrected chi connectivity index (χ0v) is 12.5. The first-order valence-electron chi connectivity index (χ1n) is 5.49. The van der Waals surface area contributed by atoms with Crippen LogP contribution in [-0.2, 0) is 4.74 Å². The van der Waals surface area contributed by atoms with Gasteiger partial charge in [-0.2, -0.15) is 5.26 Å². The van der Waals surface area contributed by atoms with Crippen molar-refractivity contribution in [2.24, 2.45) is 0 Å². The predicted molar refractivity (Wildman–Crippen MR) is 79.8 cm³/mol. The Hall–Kier alpha value is -2.43. The van der Waals surface area contributed by atoms with Crippen molar-refractivity contribution in [1.29, 1.82) is 5.26 Å². The van der Waals surface area contributed by atoms with Crippen molar-refractivity contribution in [3.63, 3.8) is 0 Å². The van der Waals surface area contributed by atoms with Crippen molar-refractivity contribution >= 4 is 40.8 Å². The van der Waals surface area contributed by atoms with Crippen LogP contribution in [0.25, 0.3) is 0 Å². The third kappa shape index (κ3) is 4.02. The molecule has 1 N–H and O–H groups in total. The van der Waals surface area contributed by atoms with Gasteiger partial charge in [-0.05, 0) is 18.2 Å². The van der Waals surface area contributed by atoms with Crippen LogP contribution in [0.2, 0.25) is 0 Å². The largest absolute Gasteiger partial charge is 0.464 e. The van der Waals surface area contributed by atoms with Crippen LogP contribution in [0.15, 0.2) is 29.6 Å². The number of benzene rings is 1. The Labute approximate surface area is 130 Å². The number of rotatable bonds is 3. The third-order valence-electron chi connectivity index (χ3n) is 2.37. The lowest BCUT2D eigenvalue weighted by Crippen LogP contribution is -2.12. The topological polar surface area (TPSA) is 92.1 Å². The molecule has 0 fully saturated rings. The molecule has 21 heavy (non-hydrogen) atoms. The molecule has 0 aliphatic carbocycles. The molecule has 0 atom stereocenters. The van der Waals surface area contributed by atoms with E-state index in [1.807, 2.05) is 6.07 Å². The number of halogens is 1. The number of methoxy groups -OCH3 is 1. The predicted octanol–water partition coefficient (Wildman–Crippen LogP) is 2.48. The zero-order valence-electron chi connectivity index (χ0n) is 10.8. The van der Waals surface area contributed by atoms with Gasteiger partial charge in [-0.15, -0.1) is 23.7 Å². The molecule has 0 saturated heterocycles. The molecule has 2 rings (SSSR count). The molecular weight excluding hydrogens is 314 g/mol. The summed E-state index contributed by atoms with van der Waals surface area (Å²) in [7, 11) is 1.26. The van der Waals surface area contributed by atoms with Crippen LogP contribution in [-0.4, -0.2) is 24.0 Å². The fraction of sp³-hybridized carbons (Fsp3) is 0.0769. The normalized spacial score (nSPS) is 9.14. The molecule has 0 saturated carbocycles. The fourth-order valence-electron chi connectivity index (χ4n) is 1.43. The summed E-state index contributed by atoms with van der Waals surface area (Å²) in [5.74, 6) is -0.957. The highest BCUT2D eigenvalue weighted by Crippen LogP contribution is 2.17. The molecule has 1 aromatic carbocycles. The number of aromatic nitrogens is 1. The number of hydrogen-bond acceptors (Lipinski definition) is 6. The van der Waals surface area contributed by atoms with E-state index >= 15 is 0 Å². The Kier molecular flexibility index (Phi) is 5.84. The van der Waals surface area contributed by atoms with E-state index in [4.69, 9.17) is 5.26 Å². The lowest BCUT2D eigenvalue weighted by atomic mass is 10.1. The van der Waals surface area contributed by atoms with Crippen molar-refractivity contribution in [3.05, 3.63) is 46.5 Å². The highest BCUT2D eigenvalue weighted by molar-refractivity contribution is 7.14. The average Bonchev–Trinajstić information content (AvgIpc) is 2.95. The molecule has 8 heteroatoms. The second kappa shape index (κ2) is 7.38. The summed E-state index contributed by atoms with van der Waals surface area (Å²) < 4.78 is 4.53. The Morgan fingerprint density at radius 1 is 1.43 bits per heavy atom. The van der Waals surface area contributed by atoms with E-state index in [0.29, 0.717) is 11.1 Å². The lowest BCUT2D eigenvalue weighted by molar-refractivity contribution is 0.0595. The minimum absolute atomic E-state index is 0. The summed E-state index contributed by atoms with van der Waals surface area (Å²) in [4.78, 5) is 27.1. The van der Waals surface area contributed by atoms with Crippen LogP contribution >= 0.6 is 23.7 Å². The minimum atomic E-state index is -0.562. The molecule has 6 nitrogen and oxygen atoms in total. The molecular formula is C13H10ClN3O3S. The van der Waals surface area contributed by atoms with Crippen LogP contribution < -0.4 is 5.32 Å². The summed E-state index contributed by atoms with van der Waals surface area (Å²) in [5.41, 5.74) is 0.879. The van der Waals surface area contributed by atoms with Crippen molar-refractivity contribution in [1.82, 2.24) is 4.98 Å². The Bertz CT molecular complexity index is 709. The van der Waals surface area contributed by atoms with E-state index in [2.05, 4.69) is 15.0 Å². The average molecular weight is 324 g/mol. The highest BCUT2D eigenvalue weighted by Gasteiger charge is 2.13. The maximum Gasteiger partial charge on any atom is 0.357 e. The standard InChI is InChI=1S/C13H9N3O3S.ClH/c1-19-12(18)10-7-20-13(15-10)16-11(17)9-4-2-3-8(5-9)6-14;/h2-5,7H,1H3,(H,15,16,17);1H. The number of nitrogens with zero attached hydrogens (tertiary/aromatic N) is 2. The maximum atomic E-state index is 12.0. The number of amides is 1. The van der Waals surface area contributed by atoms with E-state index in [1.165, 1.54) is 18.6 Å². The van der Waals surface area contributed by atoms with Gasteiger partial charge in [0.2, 0.25) is 0 Å². The first-order chi connectivity index (χ1) is 9.63. The molecule has 1 amide bonds. The molecule has 0 bridgehead atoms. The zero-order chi connectivity index (χ0) is 14.5. The monoisotopic (exact) mass is 323 g/mol. The number of hydrogen-bond donors (Lipinski definition) is 1. The molecule has 2 aromatic rings. The number of nitriles is 1. The number of ether oxygens (including phenoxy) is 1. The quantitative estimate of drug-likeness (QED) is 0.876. The van der Waals surface area contributed by atoms with E-state index < -0.39 is 11.9 Å². The van der Waals surface area contributed by atoms with Gasteiger partial charge in [0.15, 0.2) is 10.8 Å². The van der Waals surface area contributed by atoms with Crippen molar-refractivity contribution in [2.45, 2.75) is 0 Å². The van der Waals surface area contributed by atoms with Crippen molar-refractivity contribution in [2.75, 3.05) is 12.4 Å². The Balaban J connectivity index is 0.00000220. The summed E-state index contributed by atoms with van der Waals surface area (Å²) in [6, 6.07) is 8.25.